The van der Waals surface area contributed by atoms with Crippen molar-refractivity contribution in [2.45, 2.75) is 70.3 Å². The van der Waals surface area contributed by atoms with E-state index in [0.29, 0.717) is 11.7 Å². The molecule has 0 amide bonds. The molecular formula is C22H30F2O2. The zero-order valence-electron chi connectivity index (χ0n) is 15.8. The SMILES string of the molecule is CC=COc1ccc(C2CCC(C3CCC(OC)CC3)CC2)c(F)c1F. The molecule has 4 heteroatoms. The van der Waals surface area contributed by atoms with Gasteiger partial charge in [0.05, 0.1) is 12.4 Å². The van der Waals surface area contributed by atoms with E-state index in [9.17, 15) is 8.78 Å². The fourth-order valence-corrected chi connectivity index (χ4v) is 4.79. The van der Waals surface area contributed by atoms with Gasteiger partial charge >= 0.3 is 0 Å². The lowest BCUT2D eigenvalue weighted by atomic mass is 9.69. The Morgan fingerprint density at radius 3 is 2.08 bits per heavy atom. The minimum absolute atomic E-state index is 0.0482. The standard InChI is InChI=1S/C22H30F2O2/c1-3-14-26-20-13-12-19(21(23)22(20)24)17-6-4-15(5-7-17)16-8-10-18(25-2)11-9-16/h3,12-18H,4-11H2,1-2H3. The van der Waals surface area contributed by atoms with Crippen LogP contribution >= 0.6 is 0 Å². The molecule has 0 aromatic heterocycles. The Kier molecular flexibility index (Phi) is 6.68. The second kappa shape index (κ2) is 8.98. The number of ether oxygens (including phenoxy) is 2. The van der Waals surface area contributed by atoms with Gasteiger partial charge in [-0.1, -0.05) is 12.1 Å². The Morgan fingerprint density at radius 2 is 1.50 bits per heavy atom. The van der Waals surface area contributed by atoms with Gasteiger partial charge in [-0.25, -0.2) is 4.39 Å². The van der Waals surface area contributed by atoms with Crippen LogP contribution in [-0.2, 0) is 4.74 Å². The summed E-state index contributed by atoms with van der Waals surface area (Å²) in [7, 11) is 1.80. The quantitative estimate of drug-likeness (QED) is 0.566. The van der Waals surface area contributed by atoms with Gasteiger partial charge in [0.25, 0.3) is 0 Å². The molecule has 0 saturated heterocycles. The average molecular weight is 364 g/mol. The fraction of sp³-hybridized carbons (Fsp3) is 0.636. The molecule has 2 aliphatic rings. The highest BCUT2D eigenvalue weighted by atomic mass is 19.2. The van der Waals surface area contributed by atoms with E-state index in [1.165, 1.54) is 19.1 Å². The topological polar surface area (TPSA) is 18.5 Å². The van der Waals surface area contributed by atoms with Crippen LogP contribution in [-0.4, -0.2) is 13.2 Å². The molecule has 0 aliphatic heterocycles. The molecule has 0 N–H and O–H groups in total. The minimum atomic E-state index is -0.874. The minimum Gasteiger partial charge on any atom is -0.462 e. The molecule has 26 heavy (non-hydrogen) atoms. The van der Waals surface area contributed by atoms with Gasteiger partial charge in [0.15, 0.2) is 11.6 Å². The van der Waals surface area contributed by atoms with Crippen molar-refractivity contribution in [2.75, 3.05) is 7.11 Å². The Hall–Kier alpha value is -1.42. The third-order valence-corrected chi connectivity index (χ3v) is 6.34. The first kappa shape index (κ1) is 19.3. The second-order valence-electron chi connectivity index (χ2n) is 7.75. The van der Waals surface area contributed by atoms with Gasteiger partial charge in [-0.3, -0.25) is 0 Å². The number of methoxy groups -OCH3 is 1. The van der Waals surface area contributed by atoms with Crippen LogP contribution in [0.25, 0.3) is 0 Å². The smallest absolute Gasteiger partial charge is 0.201 e. The molecule has 0 heterocycles. The third-order valence-electron chi connectivity index (χ3n) is 6.34. The summed E-state index contributed by atoms with van der Waals surface area (Å²) in [5, 5.41) is 0. The van der Waals surface area contributed by atoms with Crippen molar-refractivity contribution in [3.63, 3.8) is 0 Å². The van der Waals surface area contributed by atoms with Crippen LogP contribution in [0.5, 0.6) is 5.75 Å². The van der Waals surface area contributed by atoms with Crippen molar-refractivity contribution in [1.29, 1.82) is 0 Å². The lowest BCUT2D eigenvalue weighted by molar-refractivity contribution is 0.0410. The van der Waals surface area contributed by atoms with E-state index in [0.717, 1.165) is 50.4 Å². The maximum absolute atomic E-state index is 14.5. The van der Waals surface area contributed by atoms with E-state index in [4.69, 9.17) is 9.47 Å². The average Bonchev–Trinajstić information content (AvgIpc) is 2.69. The third kappa shape index (κ3) is 4.28. The lowest BCUT2D eigenvalue weighted by Gasteiger charge is -2.37. The Morgan fingerprint density at radius 1 is 0.885 bits per heavy atom. The van der Waals surface area contributed by atoms with Crippen LogP contribution in [0.2, 0.25) is 0 Å². The molecule has 0 unspecified atom stereocenters. The number of allylic oxidation sites excluding steroid dienone is 1. The Balaban J connectivity index is 1.59. The summed E-state index contributed by atoms with van der Waals surface area (Å²) in [4.78, 5) is 0. The molecule has 0 bridgehead atoms. The molecule has 2 fully saturated rings. The first-order chi connectivity index (χ1) is 12.6. The number of benzene rings is 1. The maximum atomic E-state index is 14.5. The van der Waals surface area contributed by atoms with E-state index in [1.807, 2.05) is 0 Å². The predicted molar refractivity (Wildman–Crippen MR) is 99.3 cm³/mol. The molecular weight excluding hydrogens is 334 g/mol. The van der Waals surface area contributed by atoms with E-state index in [2.05, 4.69) is 0 Å². The predicted octanol–water partition coefficient (Wildman–Crippen LogP) is 6.36. The molecule has 2 saturated carbocycles. The highest BCUT2D eigenvalue weighted by Gasteiger charge is 2.32. The van der Waals surface area contributed by atoms with Crippen LogP contribution in [0.1, 0.15) is 69.8 Å². The fourth-order valence-electron chi connectivity index (χ4n) is 4.79. The summed E-state index contributed by atoms with van der Waals surface area (Å²) >= 11 is 0. The van der Waals surface area contributed by atoms with Crippen LogP contribution in [0.3, 0.4) is 0 Å². The van der Waals surface area contributed by atoms with E-state index in [1.54, 1.807) is 32.2 Å². The van der Waals surface area contributed by atoms with Gasteiger partial charge in [-0.15, -0.1) is 0 Å². The molecule has 1 aromatic rings. The van der Waals surface area contributed by atoms with Crippen molar-refractivity contribution < 1.29 is 18.3 Å². The van der Waals surface area contributed by atoms with Gasteiger partial charge < -0.3 is 9.47 Å². The molecule has 2 nitrogen and oxygen atoms in total. The lowest BCUT2D eigenvalue weighted by Crippen LogP contribution is -2.28. The maximum Gasteiger partial charge on any atom is 0.201 e. The summed E-state index contributed by atoms with van der Waals surface area (Å²) in [6.45, 7) is 1.77. The van der Waals surface area contributed by atoms with Gasteiger partial charge in [-0.2, -0.15) is 4.39 Å². The summed E-state index contributed by atoms with van der Waals surface area (Å²) in [6, 6.07) is 3.25. The zero-order valence-corrected chi connectivity index (χ0v) is 15.8. The van der Waals surface area contributed by atoms with Crippen molar-refractivity contribution in [2.24, 2.45) is 11.8 Å². The zero-order chi connectivity index (χ0) is 18.5. The number of hydrogen-bond acceptors (Lipinski definition) is 2. The van der Waals surface area contributed by atoms with Gasteiger partial charge in [-0.05, 0) is 87.7 Å². The van der Waals surface area contributed by atoms with Gasteiger partial charge in [0.1, 0.15) is 0 Å². The molecule has 1 aromatic carbocycles. The molecule has 2 aliphatic carbocycles. The van der Waals surface area contributed by atoms with E-state index < -0.39 is 11.6 Å². The van der Waals surface area contributed by atoms with Crippen molar-refractivity contribution in [1.82, 2.24) is 0 Å². The second-order valence-corrected chi connectivity index (χ2v) is 7.75. The summed E-state index contributed by atoms with van der Waals surface area (Å²) < 4.78 is 39.3. The molecule has 144 valence electrons. The van der Waals surface area contributed by atoms with Crippen LogP contribution < -0.4 is 4.74 Å². The summed E-state index contributed by atoms with van der Waals surface area (Å²) in [6.07, 6.45) is 12.4. The van der Waals surface area contributed by atoms with Crippen LogP contribution in [0.4, 0.5) is 8.78 Å². The Bertz CT molecular complexity index is 613. The first-order valence-corrected chi connectivity index (χ1v) is 9.92. The highest BCUT2D eigenvalue weighted by Crippen LogP contribution is 2.44. The van der Waals surface area contributed by atoms with Gasteiger partial charge in [0, 0.05) is 7.11 Å². The van der Waals surface area contributed by atoms with E-state index >= 15 is 0 Å². The Labute approximate surface area is 155 Å². The van der Waals surface area contributed by atoms with Crippen molar-refractivity contribution >= 4 is 0 Å². The highest BCUT2D eigenvalue weighted by molar-refractivity contribution is 5.33. The molecule has 3 rings (SSSR count). The number of hydrogen-bond donors (Lipinski definition) is 0. The first-order valence-electron chi connectivity index (χ1n) is 9.92. The van der Waals surface area contributed by atoms with Crippen LogP contribution in [0.15, 0.2) is 24.5 Å². The largest absolute Gasteiger partial charge is 0.462 e. The van der Waals surface area contributed by atoms with Gasteiger partial charge in [0.2, 0.25) is 5.82 Å². The van der Waals surface area contributed by atoms with Crippen molar-refractivity contribution in [3.05, 3.63) is 41.7 Å². The normalized spacial score (nSPS) is 29.8. The summed E-state index contributed by atoms with van der Waals surface area (Å²) in [5.41, 5.74) is 0.511. The van der Waals surface area contributed by atoms with E-state index in [-0.39, 0.29) is 11.7 Å². The number of rotatable bonds is 5. The monoisotopic (exact) mass is 364 g/mol. The van der Waals surface area contributed by atoms with Crippen molar-refractivity contribution in [3.8, 4) is 5.75 Å². The molecule has 0 spiro atoms. The number of halogens is 2. The molecule has 0 radical (unpaired) electrons. The molecule has 0 atom stereocenters. The van der Waals surface area contributed by atoms with Crippen LogP contribution in [0, 0.1) is 23.5 Å². The summed E-state index contributed by atoms with van der Waals surface area (Å²) in [5.74, 6) is -0.0359.